The molecule has 0 saturated carbocycles. The Balaban J connectivity index is 1.73. The van der Waals surface area contributed by atoms with Crippen molar-refractivity contribution in [1.29, 1.82) is 0 Å². The molecule has 2 aromatic rings. The Morgan fingerprint density at radius 1 is 1.12 bits per heavy atom. The van der Waals surface area contributed by atoms with Crippen LogP contribution in [-0.2, 0) is 4.79 Å². The Labute approximate surface area is 149 Å². The summed E-state index contributed by atoms with van der Waals surface area (Å²) >= 11 is 0. The minimum absolute atomic E-state index is 0.0319. The maximum Gasteiger partial charge on any atom is 0.238 e. The normalized spacial score (nSPS) is 21.0. The number of likely N-dealkylation sites (tertiary alicyclic amines) is 1. The van der Waals surface area contributed by atoms with E-state index in [0.717, 1.165) is 36.1 Å². The van der Waals surface area contributed by atoms with Crippen molar-refractivity contribution in [3.63, 3.8) is 0 Å². The summed E-state index contributed by atoms with van der Waals surface area (Å²) in [4.78, 5) is 14.8. The highest BCUT2D eigenvalue weighted by Gasteiger charge is 2.28. The quantitative estimate of drug-likeness (QED) is 0.877. The summed E-state index contributed by atoms with van der Waals surface area (Å²) in [6.45, 7) is 2.56. The van der Waals surface area contributed by atoms with Crippen LogP contribution in [0.3, 0.4) is 0 Å². The van der Waals surface area contributed by atoms with E-state index < -0.39 is 0 Å². The predicted octanol–water partition coefficient (Wildman–Crippen LogP) is 3.53. The number of carbonyl (C=O) groups excluding carboxylic acids is 1. The van der Waals surface area contributed by atoms with Crippen molar-refractivity contribution in [2.75, 3.05) is 18.5 Å². The SMILES string of the molecule is CC1CCCC(CO)N1CC(=O)Nc1ccccc1-c1ccccc1. The Bertz CT molecular complexity index is 702. The predicted molar refractivity (Wildman–Crippen MR) is 101 cm³/mol. The number of rotatable bonds is 5. The highest BCUT2D eigenvalue weighted by molar-refractivity contribution is 5.96. The number of hydrogen-bond acceptors (Lipinski definition) is 3. The van der Waals surface area contributed by atoms with Gasteiger partial charge in [-0.2, -0.15) is 0 Å². The highest BCUT2D eigenvalue weighted by Crippen LogP contribution is 2.28. The second kappa shape index (κ2) is 8.28. The fraction of sp³-hybridized carbons (Fsp3) is 0.381. The van der Waals surface area contributed by atoms with Crippen molar-refractivity contribution in [1.82, 2.24) is 4.90 Å². The molecule has 0 bridgehead atoms. The first-order valence-corrected chi connectivity index (χ1v) is 9.00. The molecule has 0 aromatic heterocycles. The number of hydrogen-bond donors (Lipinski definition) is 2. The summed E-state index contributed by atoms with van der Waals surface area (Å²) in [5, 5.41) is 12.7. The van der Waals surface area contributed by atoms with Crippen LogP contribution >= 0.6 is 0 Å². The van der Waals surface area contributed by atoms with Crippen LogP contribution in [-0.4, -0.2) is 41.1 Å². The number of benzene rings is 2. The molecule has 25 heavy (non-hydrogen) atoms. The van der Waals surface area contributed by atoms with Gasteiger partial charge in [0.05, 0.1) is 13.2 Å². The zero-order valence-electron chi connectivity index (χ0n) is 14.7. The van der Waals surface area contributed by atoms with Crippen LogP contribution in [0, 0.1) is 0 Å². The fourth-order valence-corrected chi connectivity index (χ4v) is 3.64. The van der Waals surface area contributed by atoms with Gasteiger partial charge in [0, 0.05) is 23.3 Å². The molecular formula is C21H26N2O2. The van der Waals surface area contributed by atoms with Gasteiger partial charge in [-0.25, -0.2) is 0 Å². The average Bonchev–Trinajstić information content (AvgIpc) is 2.64. The largest absolute Gasteiger partial charge is 0.395 e. The molecule has 0 radical (unpaired) electrons. The number of nitrogens with zero attached hydrogens (tertiary/aromatic N) is 1. The van der Waals surface area contributed by atoms with Crippen LogP contribution in [0.1, 0.15) is 26.2 Å². The zero-order chi connectivity index (χ0) is 17.6. The van der Waals surface area contributed by atoms with Gasteiger partial charge >= 0.3 is 0 Å². The fourth-order valence-electron chi connectivity index (χ4n) is 3.64. The van der Waals surface area contributed by atoms with Gasteiger partial charge < -0.3 is 10.4 Å². The van der Waals surface area contributed by atoms with Crippen LogP contribution in [0.2, 0.25) is 0 Å². The van der Waals surface area contributed by atoms with Gasteiger partial charge in [0.15, 0.2) is 0 Å². The summed E-state index contributed by atoms with van der Waals surface area (Å²) < 4.78 is 0. The maximum absolute atomic E-state index is 12.6. The van der Waals surface area contributed by atoms with Crippen molar-refractivity contribution in [2.24, 2.45) is 0 Å². The molecule has 3 rings (SSSR count). The zero-order valence-corrected chi connectivity index (χ0v) is 14.7. The topological polar surface area (TPSA) is 52.6 Å². The smallest absolute Gasteiger partial charge is 0.238 e. The summed E-state index contributed by atoms with van der Waals surface area (Å²) in [7, 11) is 0. The van der Waals surface area contributed by atoms with Crippen LogP contribution in [0.15, 0.2) is 54.6 Å². The molecule has 1 saturated heterocycles. The summed E-state index contributed by atoms with van der Waals surface area (Å²) in [6, 6.07) is 18.3. The number of nitrogens with one attached hydrogen (secondary N) is 1. The number of para-hydroxylation sites is 1. The Hall–Kier alpha value is -2.17. The molecule has 4 nitrogen and oxygen atoms in total. The van der Waals surface area contributed by atoms with Crippen molar-refractivity contribution >= 4 is 11.6 Å². The van der Waals surface area contributed by atoms with Gasteiger partial charge in [-0.3, -0.25) is 9.69 Å². The number of carbonyl (C=O) groups is 1. The van der Waals surface area contributed by atoms with Crippen molar-refractivity contribution in [3.05, 3.63) is 54.6 Å². The molecule has 1 amide bonds. The third-order valence-electron chi connectivity index (χ3n) is 5.02. The van der Waals surface area contributed by atoms with Crippen LogP contribution in [0.25, 0.3) is 11.1 Å². The van der Waals surface area contributed by atoms with Crippen molar-refractivity contribution in [3.8, 4) is 11.1 Å². The van der Waals surface area contributed by atoms with E-state index in [1.165, 1.54) is 0 Å². The molecule has 1 aliphatic rings. The third-order valence-corrected chi connectivity index (χ3v) is 5.02. The van der Waals surface area contributed by atoms with Crippen LogP contribution in [0.5, 0.6) is 0 Å². The lowest BCUT2D eigenvalue weighted by atomic mass is 9.97. The van der Waals surface area contributed by atoms with Crippen LogP contribution < -0.4 is 5.32 Å². The minimum atomic E-state index is -0.0319. The lowest BCUT2D eigenvalue weighted by molar-refractivity contribution is -0.119. The Morgan fingerprint density at radius 3 is 2.60 bits per heavy atom. The molecule has 2 atom stereocenters. The number of aliphatic hydroxyl groups excluding tert-OH is 1. The number of anilines is 1. The van der Waals surface area contributed by atoms with Gasteiger partial charge in [-0.05, 0) is 31.4 Å². The molecule has 2 unspecified atom stereocenters. The van der Waals surface area contributed by atoms with Gasteiger partial charge in [0.25, 0.3) is 0 Å². The first-order valence-electron chi connectivity index (χ1n) is 9.00. The van der Waals surface area contributed by atoms with Gasteiger partial charge in [0.1, 0.15) is 0 Å². The first kappa shape index (κ1) is 17.6. The lowest BCUT2D eigenvalue weighted by Crippen LogP contribution is -2.50. The summed E-state index contributed by atoms with van der Waals surface area (Å²) in [6.07, 6.45) is 3.14. The van der Waals surface area contributed by atoms with E-state index in [-0.39, 0.29) is 18.6 Å². The number of piperidine rings is 1. The molecule has 132 valence electrons. The van der Waals surface area contributed by atoms with Crippen molar-refractivity contribution in [2.45, 2.75) is 38.3 Å². The first-order chi connectivity index (χ1) is 12.2. The molecule has 1 aliphatic heterocycles. The number of amides is 1. The standard InChI is InChI=1S/C21H26N2O2/c1-16-8-7-11-18(15-24)23(16)14-21(25)22-20-13-6-5-12-19(20)17-9-3-2-4-10-17/h2-6,9-10,12-13,16,18,24H,7-8,11,14-15H2,1H3,(H,22,25). The van der Waals surface area contributed by atoms with Gasteiger partial charge in [-0.15, -0.1) is 0 Å². The highest BCUT2D eigenvalue weighted by atomic mass is 16.3. The van der Waals surface area contributed by atoms with E-state index in [0.29, 0.717) is 12.6 Å². The average molecular weight is 338 g/mol. The summed E-state index contributed by atoms with van der Waals surface area (Å²) in [5.74, 6) is -0.0319. The molecule has 1 heterocycles. The molecule has 0 aliphatic carbocycles. The second-order valence-electron chi connectivity index (χ2n) is 6.75. The monoisotopic (exact) mass is 338 g/mol. The lowest BCUT2D eigenvalue weighted by Gasteiger charge is -2.39. The molecule has 2 N–H and O–H groups in total. The van der Waals surface area contributed by atoms with E-state index in [4.69, 9.17) is 0 Å². The maximum atomic E-state index is 12.6. The summed E-state index contributed by atoms with van der Waals surface area (Å²) in [5.41, 5.74) is 2.92. The molecule has 4 heteroatoms. The van der Waals surface area contributed by atoms with Crippen molar-refractivity contribution < 1.29 is 9.90 Å². The van der Waals surface area contributed by atoms with E-state index >= 15 is 0 Å². The minimum Gasteiger partial charge on any atom is -0.395 e. The third kappa shape index (κ3) is 4.27. The van der Waals surface area contributed by atoms with E-state index in [2.05, 4.69) is 17.1 Å². The second-order valence-corrected chi connectivity index (χ2v) is 6.75. The van der Waals surface area contributed by atoms with E-state index in [9.17, 15) is 9.90 Å². The molecule has 2 aromatic carbocycles. The Kier molecular flexibility index (Phi) is 5.84. The molecular weight excluding hydrogens is 312 g/mol. The Morgan fingerprint density at radius 2 is 1.84 bits per heavy atom. The van der Waals surface area contributed by atoms with E-state index in [1.807, 2.05) is 54.6 Å². The van der Waals surface area contributed by atoms with Crippen LogP contribution in [0.4, 0.5) is 5.69 Å². The van der Waals surface area contributed by atoms with E-state index in [1.54, 1.807) is 0 Å². The number of aliphatic hydroxyl groups is 1. The molecule has 0 spiro atoms. The van der Waals surface area contributed by atoms with Gasteiger partial charge in [0.2, 0.25) is 5.91 Å². The van der Waals surface area contributed by atoms with Gasteiger partial charge in [-0.1, -0.05) is 55.0 Å². The molecule has 1 fully saturated rings.